The third kappa shape index (κ3) is 1.85. The first-order chi connectivity index (χ1) is 6.90. The number of aliphatic imine (C=N–C) groups is 1. The van der Waals surface area contributed by atoms with E-state index in [1.807, 2.05) is 29.7 Å². The standard InChI is InChI=1S/C10H8N2OS/c13-7-12-8-2-3-10-9(6-8)11-4-1-5-14-10/h1-7H,(H,12,13). The van der Waals surface area contributed by atoms with Crippen molar-refractivity contribution in [2.45, 2.75) is 4.90 Å². The van der Waals surface area contributed by atoms with Crippen molar-refractivity contribution in [3.05, 3.63) is 29.7 Å². The number of nitrogens with zero attached hydrogens (tertiary/aromatic N) is 1. The smallest absolute Gasteiger partial charge is 0.211 e. The number of fused-ring (bicyclic) bond motifs is 1. The number of allylic oxidation sites excluding steroid dienone is 1. The van der Waals surface area contributed by atoms with Gasteiger partial charge in [-0.25, -0.2) is 0 Å². The largest absolute Gasteiger partial charge is 0.329 e. The van der Waals surface area contributed by atoms with Crippen LogP contribution in [0.15, 0.2) is 39.6 Å². The second-order valence-electron chi connectivity index (χ2n) is 2.67. The lowest BCUT2D eigenvalue weighted by Gasteiger charge is -2.03. The van der Waals surface area contributed by atoms with Gasteiger partial charge in [0.2, 0.25) is 6.41 Å². The minimum atomic E-state index is 0.660. The van der Waals surface area contributed by atoms with Crippen molar-refractivity contribution in [1.29, 1.82) is 0 Å². The van der Waals surface area contributed by atoms with Crippen LogP contribution in [0.3, 0.4) is 0 Å². The molecule has 0 bridgehead atoms. The summed E-state index contributed by atoms with van der Waals surface area (Å²) in [6, 6.07) is 5.65. The van der Waals surface area contributed by atoms with Crippen LogP contribution in [0.25, 0.3) is 0 Å². The minimum Gasteiger partial charge on any atom is -0.329 e. The van der Waals surface area contributed by atoms with E-state index >= 15 is 0 Å². The van der Waals surface area contributed by atoms with E-state index in [9.17, 15) is 4.79 Å². The van der Waals surface area contributed by atoms with Crippen LogP contribution < -0.4 is 5.32 Å². The molecule has 0 unspecified atom stereocenters. The van der Waals surface area contributed by atoms with Gasteiger partial charge >= 0.3 is 0 Å². The molecule has 0 atom stereocenters. The number of rotatable bonds is 2. The molecule has 0 aromatic heterocycles. The zero-order valence-corrected chi connectivity index (χ0v) is 8.12. The molecule has 1 amide bonds. The lowest BCUT2D eigenvalue weighted by Crippen LogP contribution is -1.92. The summed E-state index contributed by atoms with van der Waals surface area (Å²) in [6.07, 6.45) is 4.29. The van der Waals surface area contributed by atoms with E-state index < -0.39 is 0 Å². The van der Waals surface area contributed by atoms with Gasteiger partial charge in [0.05, 0.1) is 5.69 Å². The van der Waals surface area contributed by atoms with Gasteiger partial charge in [-0.15, -0.1) is 0 Å². The molecule has 0 spiro atoms. The number of thioether (sulfide) groups is 1. The highest BCUT2D eigenvalue weighted by atomic mass is 32.2. The molecule has 70 valence electrons. The first kappa shape index (κ1) is 9.02. The Morgan fingerprint density at radius 2 is 2.36 bits per heavy atom. The number of nitrogens with one attached hydrogen (secondary N) is 1. The maximum atomic E-state index is 10.2. The Balaban J connectivity index is 2.38. The Kier molecular flexibility index (Phi) is 2.65. The lowest BCUT2D eigenvalue weighted by molar-refractivity contribution is -0.105. The van der Waals surface area contributed by atoms with E-state index in [1.54, 1.807) is 18.0 Å². The van der Waals surface area contributed by atoms with Gasteiger partial charge in [-0.1, -0.05) is 11.8 Å². The summed E-state index contributed by atoms with van der Waals surface area (Å²) in [6.45, 7) is 0. The molecule has 0 saturated heterocycles. The van der Waals surface area contributed by atoms with E-state index in [1.165, 1.54) is 0 Å². The van der Waals surface area contributed by atoms with Crippen LogP contribution in [0.5, 0.6) is 0 Å². The molecule has 1 aromatic rings. The van der Waals surface area contributed by atoms with Crippen LogP contribution in [0, 0.1) is 0 Å². The SMILES string of the molecule is O=CNc1ccc2c(c1)N=CC=CS2. The number of anilines is 1. The number of hydrogen-bond donors (Lipinski definition) is 1. The van der Waals surface area contributed by atoms with Crippen molar-refractivity contribution in [3.8, 4) is 0 Å². The normalized spacial score (nSPS) is 13.1. The average molecular weight is 204 g/mol. The number of carbonyl (C=O) groups is 1. The molecule has 1 aromatic carbocycles. The van der Waals surface area contributed by atoms with Gasteiger partial charge in [-0.05, 0) is 29.7 Å². The van der Waals surface area contributed by atoms with Crippen molar-refractivity contribution in [2.24, 2.45) is 4.99 Å². The van der Waals surface area contributed by atoms with Gasteiger partial charge < -0.3 is 5.32 Å². The molecular weight excluding hydrogens is 196 g/mol. The van der Waals surface area contributed by atoms with Gasteiger partial charge in [-0.2, -0.15) is 0 Å². The average Bonchev–Trinajstić information content (AvgIpc) is 2.42. The van der Waals surface area contributed by atoms with Crippen LogP contribution >= 0.6 is 11.8 Å². The van der Waals surface area contributed by atoms with E-state index in [2.05, 4.69) is 10.3 Å². The van der Waals surface area contributed by atoms with Crippen LogP contribution in [-0.2, 0) is 4.79 Å². The Hall–Kier alpha value is -1.55. The second-order valence-corrected chi connectivity index (χ2v) is 3.62. The van der Waals surface area contributed by atoms with Crippen LogP contribution in [0.1, 0.15) is 0 Å². The van der Waals surface area contributed by atoms with Gasteiger partial charge in [0.1, 0.15) is 0 Å². The molecule has 2 rings (SSSR count). The van der Waals surface area contributed by atoms with Crippen LogP contribution in [0.2, 0.25) is 0 Å². The first-order valence-corrected chi connectivity index (χ1v) is 4.98. The Labute approximate surface area is 85.9 Å². The van der Waals surface area contributed by atoms with Crippen molar-refractivity contribution in [1.82, 2.24) is 0 Å². The van der Waals surface area contributed by atoms with Crippen molar-refractivity contribution < 1.29 is 4.79 Å². The predicted octanol–water partition coefficient (Wildman–Crippen LogP) is 2.58. The fourth-order valence-corrected chi connectivity index (χ4v) is 1.82. The van der Waals surface area contributed by atoms with Gasteiger partial charge in [0.15, 0.2) is 0 Å². The van der Waals surface area contributed by atoms with E-state index in [4.69, 9.17) is 0 Å². The molecule has 1 N–H and O–H groups in total. The fraction of sp³-hybridized carbons (Fsp3) is 0. The molecular formula is C10H8N2OS. The molecule has 0 aliphatic carbocycles. The summed E-state index contributed by atoms with van der Waals surface area (Å²) in [5, 5.41) is 4.57. The monoisotopic (exact) mass is 204 g/mol. The summed E-state index contributed by atoms with van der Waals surface area (Å²) in [5.74, 6) is 0. The second kappa shape index (κ2) is 4.11. The summed E-state index contributed by atoms with van der Waals surface area (Å²) in [7, 11) is 0. The number of hydrogen-bond acceptors (Lipinski definition) is 3. The predicted molar refractivity (Wildman–Crippen MR) is 59.3 cm³/mol. The van der Waals surface area contributed by atoms with Crippen LogP contribution in [-0.4, -0.2) is 12.6 Å². The van der Waals surface area contributed by atoms with E-state index in [0.29, 0.717) is 6.41 Å². The number of amides is 1. The molecule has 0 saturated carbocycles. The zero-order chi connectivity index (χ0) is 9.80. The van der Waals surface area contributed by atoms with Gasteiger partial charge in [0, 0.05) is 16.8 Å². The van der Waals surface area contributed by atoms with E-state index in [0.717, 1.165) is 16.3 Å². The van der Waals surface area contributed by atoms with E-state index in [-0.39, 0.29) is 0 Å². The summed E-state index contributed by atoms with van der Waals surface area (Å²) >= 11 is 1.61. The quantitative estimate of drug-likeness (QED) is 0.752. The van der Waals surface area contributed by atoms with Crippen molar-refractivity contribution >= 4 is 35.8 Å². The summed E-state index contributed by atoms with van der Waals surface area (Å²) in [4.78, 5) is 15.6. The van der Waals surface area contributed by atoms with Crippen molar-refractivity contribution in [3.63, 3.8) is 0 Å². The highest BCUT2D eigenvalue weighted by Crippen LogP contribution is 2.33. The van der Waals surface area contributed by atoms with Crippen molar-refractivity contribution in [2.75, 3.05) is 5.32 Å². The molecule has 0 radical (unpaired) electrons. The maximum absolute atomic E-state index is 10.2. The molecule has 4 heteroatoms. The minimum absolute atomic E-state index is 0.660. The highest BCUT2D eigenvalue weighted by Gasteiger charge is 2.03. The maximum Gasteiger partial charge on any atom is 0.211 e. The molecule has 1 aliphatic rings. The Bertz CT molecular complexity index is 413. The molecule has 1 aliphatic heterocycles. The van der Waals surface area contributed by atoms with Gasteiger partial charge in [0.25, 0.3) is 0 Å². The summed E-state index contributed by atoms with van der Waals surface area (Å²) in [5.41, 5.74) is 1.64. The van der Waals surface area contributed by atoms with Gasteiger partial charge in [-0.3, -0.25) is 9.79 Å². The topological polar surface area (TPSA) is 41.5 Å². The third-order valence-electron chi connectivity index (χ3n) is 1.76. The van der Waals surface area contributed by atoms with Crippen LogP contribution in [0.4, 0.5) is 11.4 Å². The number of carbonyl (C=O) groups excluding carboxylic acids is 1. The number of benzene rings is 1. The summed E-state index contributed by atoms with van der Waals surface area (Å²) < 4.78 is 0. The third-order valence-corrected chi connectivity index (χ3v) is 2.65. The Morgan fingerprint density at radius 1 is 1.43 bits per heavy atom. The lowest BCUT2D eigenvalue weighted by atomic mass is 10.3. The Morgan fingerprint density at radius 3 is 3.21 bits per heavy atom. The molecule has 0 fully saturated rings. The fourth-order valence-electron chi connectivity index (χ4n) is 1.15. The first-order valence-electron chi connectivity index (χ1n) is 4.10. The molecule has 3 nitrogen and oxygen atoms in total. The highest BCUT2D eigenvalue weighted by molar-refractivity contribution is 8.02. The molecule has 14 heavy (non-hydrogen) atoms. The molecule has 1 heterocycles. The zero-order valence-electron chi connectivity index (χ0n) is 7.31.